The van der Waals surface area contributed by atoms with Crippen LogP contribution in [0.2, 0.25) is 0 Å². The molecule has 0 amide bonds. The van der Waals surface area contributed by atoms with E-state index < -0.39 is 0 Å². The maximum absolute atomic E-state index is 11.6. The summed E-state index contributed by atoms with van der Waals surface area (Å²) in [5.74, 6) is -0.168. The van der Waals surface area contributed by atoms with E-state index >= 15 is 0 Å². The molecule has 0 spiro atoms. The van der Waals surface area contributed by atoms with Crippen LogP contribution in [0.5, 0.6) is 0 Å². The van der Waals surface area contributed by atoms with Gasteiger partial charge in [-0.2, -0.15) is 0 Å². The maximum Gasteiger partial charge on any atom is 0.348 e. The van der Waals surface area contributed by atoms with Crippen molar-refractivity contribution >= 4 is 17.3 Å². The van der Waals surface area contributed by atoms with Crippen LogP contribution in [0.4, 0.5) is 0 Å². The Morgan fingerprint density at radius 1 is 0.909 bits per heavy atom. The van der Waals surface area contributed by atoms with E-state index in [0.717, 1.165) is 6.42 Å². The summed E-state index contributed by atoms with van der Waals surface area (Å²) in [6.07, 6.45) is 15.9. The number of hydrogen-bond acceptors (Lipinski definition) is 3. The van der Waals surface area contributed by atoms with E-state index in [1.54, 1.807) is 0 Å². The molecule has 126 valence electrons. The molecule has 0 unspecified atom stereocenters. The first-order valence-electron chi connectivity index (χ1n) is 9.05. The summed E-state index contributed by atoms with van der Waals surface area (Å²) in [5, 5.41) is 1.90. The first kappa shape index (κ1) is 19.2. The lowest BCUT2D eigenvalue weighted by Crippen LogP contribution is -2.04. The zero-order valence-electron chi connectivity index (χ0n) is 14.1. The van der Waals surface area contributed by atoms with Crippen LogP contribution in [-0.4, -0.2) is 12.6 Å². The third kappa shape index (κ3) is 9.99. The van der Waals surface area contributed by atoms with Gasteiger partial charge < -0.3 is 4.74 Å². The van der Waals surface area contributed by atoms with Crippen LogP contribution in [0.1, 0.15) is 93.6 Å². The number of thiophene rings is 1. The fourth-order valence-corrected chi connectivity index (χ4v) is 3.19. The molecule has 1 aromatic rings. The molecular weight excluding hydrogens is 292 g/mol. The van der Waals surface area contributed by atoms with Crippen LogP contribution in [0.15, 0.2) is 17.5 Å². The van der Waals surface area contributed by atoms with Gasteiger partial charge in [0.1, 0.15) is 4.88 Å². The van der Waals surface area contributed by atoms with E-state index in [9.17, 15) is 4.79 Å². The topological polar surface area (TPSA) is 26.3 Å². The van der Waals surface area contributed by atoms with Gasteiger partial charge in [-0.15, -0.1) is 11.3 Å². The molecule has 0 N–H and O–H groups in total. The molecule has 1 rings (SSSR count). The summed E-state index contributed by atoms with van der Waals surface area (Å²) in [6, 6.07) is 3.69. The fraction of sp³-hybridized carbons (Fsp3) is 0.737. The van der Waals surface area contributed by atoms with Gasteiger partial charge in [0.2, 0.25) is 0 Å². The number of unbranched alkanes of at least 4 members (excludes halogenated alkanes) is 11. The Morgan fingerprint density at radius 3 is 1.95 bits per heavy atom. The van der Waals surface area contributed by atoms with Gasteiger partial charge in [0.15, 0.2) is 0 Å². The van der Waals surface area contributed by atoms with E-state index in [4.69, 9.17) is 4.74 Å². The molecule has 0 radical (unpaired) electrons. The summed E-state index contributed by atoms with van der Waals surface area (Å²) in [5.41, 5.74) is 0. The summed E-state index contributed by atoms with van der Waals surface area (Å²) < 4.78 is 5.25. The van der Waals surface area contributed by atoms with Crippen LogP contribution in [0.3, 0.4) is 0 Å². The lowest BCUT2D eigenvalue weighted by molar-refractivity contribution is 0.0503. The second kappa shape index (κ2) is 13.8. The number of esters is 1. The third-order valence-corrected chi connectivity index (χ3v) is 4.80. The minimum absolute atomic E-state index is 0.168. The van der Waals surface area contributed by atoms with Crippen LogP contribution in [0, 0.1) is 0 Å². The Kier molecular flexibility index (Phi) is 12.1. The van der Waals surface area contributed by atoms with Gasteiger partial charge in [0.05, 0.1) is 6.61 Å². The molecule has 1 aromatic heterocycles. The Labute approximate surface area is 140 Å². The van der Waals surface area contributed by atoms with Crippen molar-refractivity contribution in [1.82, 2.24) is 0 Å². The number of rotatable bonds is 14. The van der Waals surface area contributed by atoms with Crippen molar-refractivity contribution in [1.29, 1.82) is 0 Å². The van der Waals surface area contributed by atoms with E-state index in [-0.39, 0.29) is 5.97 Å². The van der Waals surface area contributed by atoms with Crippen molar-refractivity contribution in [2.75, 3.05) is 6.61 Å². The van der Waals surface area contributed by atoms with Crippen molar-refractivity contribution in [2.24, 2.45) is 0 Å². The van der Waals surface area contributed by atoms with Gasteiger partial charge in [-0.25, -0.2) is 4.79 Å². The van der Waals surface area contributed by atoms with Crippen LogP contribution in [-0.2, 0) is 4.74 Å². The monoisotopic (exact) mass is 324 g/mol. The summed E-state index contributed by atoms with van der Waals surface area (Å²) >= 11 is 1.44. The van der Waals surface area contributed by atoms with E-state index in [0.29, 0.717) is 11.5 Å². The van der Waals surface area contributed by atoms with Crippen LogP contribution in [0.25, 0.3) is 0 Å². The first-order chi connectivity index (χ1) is 10.8. The second-order valence-corrected chi connectivity index (χ2v) is 6.95. The summed E-state index contributed by atoms with van der Waals surface area (Å²) in [7, 11) is 0. The zero-order valence-corrected chi connectivity index (χ0v) is 15.0. The maximum atomic E-state index is 11.6. The molecule has 0 saturated carbocycles. The summed E-state index contributed by atoms with van der Waals surface area (Å²) in [4.78, 5) is 12.3. The van der Waals surface area contributed by atoms with Crippen molar-refractivity contribution < 1.29 is 9.53 Å². The Morgan fingerprint density at radius 2 is 1.45 bits per heavy atom. The highest BCUT2D eigenvalue weighted by Gasteiger charge is 2.06. The molecule has 0 aromatic carbocycles. The van der Waals surface area contributed by atoms with E-state index in [1.165, 1.54) is 82.0 Å². The van der Waals surface area contributed by atoms with Gasteiger partial charge in [0, 0.05) is 0 Å². The van der Waals surface area contributed by atoms with Gasteiger partial charge in [-0.3, -0.25) is 0 Å². The number of ether oxygens (including phenoxy) is 1. The third-order valence-electron chi connectivity index (χ3n) is 3.95. The normalized spacial score (nSPS) is 10.8. The van der Waals surface area contributed by atoms with Gasteiger partial charge in [0.25, 0.3) is 0 Å². The van der Waals surface area contributed by atoms with E-state index in [2.05, 4.69) is 6.92 Å². The highest BCUT2D eigenvalue weighted by molar-refractivity contribution is 7.11. The average Bonchev–Trinajstić information content (AvgIpc) is 3.06. The standard InChI is InChI=1S/C19H32O2S/c1-2-3-4-5-6-7-8-9-10-11-12-13-16-21-19(20)18-15-14-17-22-18/h14-15,17H,2-13,16H2,1H3. The predicted molar refractivity (Wildman–Crippen MR) is 95.7 cm³/mol. The molecule has 22 heavy (non-hydrogen) atoms. The molecule has 0 atom stereocenters. The van der Waals surface area contributed by atoms with Crippen LogP contribution < -0.4 is 0 Å². The number of hydrogen-bond donors (Lipinski definition) is 0. The smallest absolute Gasteiger partial charge is 0.348 e. The molecule has 0 aliphatic rings. The Bertz CT molecular complexity index is 360. The van der Waals surface area contributed by atoms with Crippen LogP contribution >= 0.6 is 11.3 Å². The molecule has 0 bridgehead atoms. The minimum Gasteiger partial charge on any atom is -0.462 e. The van der Waals surface area contributed by atoms with Gasteiger partial charge >= 0.3 is 5.97 Å². The average molecular weight is 325 g/mol. The molecule has 1 heterocycles. The van der Waals surface area contributed by atoms with Crippen molar-refractivity contribution in [2.45, 2.75) is 84.0 Å². The Balaban J connectivity index is 1.77. The molecule has 0 aliphatic heterocycles. The fourth-order valence-electron chi connectivity index (χ4n) is 2.57. The summed E-state index contributed by atoms with van der Waals surface area (Å²) in [6.45, 7) is 2.83. The molecule has 3 heteroatoms. The number of carbonyl (C=O) groups excluding carboxylic acids is 1. The first-order valence-corrected chi connectivity index (χ1v) is 9.93. The molecular formula is C19H32O2S. The molecule has 0 saturated heterocycles. The highest BCUT2D eigenvalue weighted by Crippen LogP contribution is 2.13. The predicted octanol–water partition coefficient (Wildman–Crippen LogP) is 6.61. The van der Waals surface area contributed by atoms with Gasteiger partial charge in [-0.05, 0) is 17.9 Å². The SMILES string of the molecule is CCCCCCCCCCCCCCOC(=O)c1cccs1. The second-order valence-electron chi connectivity index (χ2n) is 6.00. The molecule has 2 nitrogen and oxygen atoms in total. The van der Waals surface area contributed by atoms with Crippen molar-refractivity contribution in [3.05, 3.63) is 22.4 Å². The Hall–Kier alpha value is -0.830. The van der Waals surface area contributed by atoms with Gasteiger partial charge in [-0.1, -0.05) is 83.6 Å². The lowest BCUT2D eigenvalue weighted by atomic mass is 10.1. The van der Waals surface area contributed by atoms with Crippen molar-refractivity contribution in [3.63, 3.8) is 0 Å². The minimum atomic E-state index is -0.168. The molecule has 0 fully saturated rings. The lowest BCUT2D eigenvalue weighted by Gasteiger charge is -2.04. The quantitative estimate of drug-likeness (QED) is 0.284. The number of carbonyl (C=O) groups is 1. The molecule has 0 aliphatic carbocycles. The van der Waals surface area contributed by atoms with Crippen molar-refractivity contribution in [3.8, 4) is 0 Å². The van der Waals surface area contributed by atoms with E-state index in [1.807, 2.05) is 17.5 Å². The highest BCUT2D eigenvalue weighted by atomic mass is 32.1. The largest absolute Gasteiger partial charge is 0.462 e. The zero-order chi connectivity index (χ0) is 15.9.